The Labute approximate surface area is 128 Å². The molecule has 0 amide bonds. The Morgan fingerprint density at radius 1 is 1.14 bits per heavy atom. The molecule has 1 aliphatic heterocycles. The van der Waals surface area contributed by atoms with E-state index < -0.39 is 6.29 Å². The number of esters is 1. The maximum Gasteiger partial charge on any atom is 0.303 e. The van der Waals surface area contributed by atoms with Gasteiger partial charge in [-0.05, 0) is 25.2 Å². The normalized spacial score (nSPS) is 38.2. The maximum absolute atomic E-state index is 11.4. The highest BCUT2D eigenvalue weighted by Gasteiger charge is 2.44. The molecule has 0 aromatic heterocycles. The van der Waals surface area contributed by atoms with Gasteiger partial charge in [0.15, 0.2) is 12.4 Å². The number of carbonyl (C=O) groups excluding carboxylic acids is 1. The predicted octanol–water partition coefficient (Wildman–Crippen LogP) is 3.67. The largest absolute Gasteiger partial charge is 0.457 e. The zero-order chi connectivity index (χ0) is 15.4. The lowest BCUT2D eigenvalue weighted by molar-refractivity contribution is -0.289. The summed E-state index contributed by atoms with van der Waals surface area (Å²) in [5, 5.41) is 0. The lowest BCUT2D eigenvalue weighted by atomic mass is 9.82. The van der Waals surface area contributed by atoms with Crippen LogP contribution in [0, 0.1) is 11.8 Å². The van der Waals surface area contributed by atoms with Crippen LogP contribution in [-0.4, -0.2) is 30.6 Å². The second-order valence-corrected chi connectivity index (χ2v) is 6.64. The Bertz CT molecular complexity index is 338. The zero-order valence-corrected chi connectivity index (χ0v) is 13.8. The van der Waals surface area contributed by atoms with E-state index in [-0.39, 0.29) is 30.2 Å². The van der Waals surface area contributed by atoms with Gasteiger partial charge in [0.2, 0.25) is 0 Å². The Hall–Kier alpha value is -0.610. The lowest BCUT2D eigenvalue weighted by Crippen LogP contribution is -2.52. The molecule has 1 saturated carbocycles. The molecule has 0 aromatic rings. The topological polar surface area (TPSA) is 44.8 Å². The average Bonchev–Trinajstić information content (AvgIpc) is 2.47. The van der Waals surface area contributed by atoms with Crippen LogP contribution in [0.4, 0.5) is 0 Å². The molecule has 0 spiro atoms. The molecule has 4 heteroatoms. The average molecular weight is 298 g/mol. The van der Waals surface area contributed by atoms with Gasteiger partial charge in [-0.3, -0.25) is 4.79 Å². The molecule has 0 N–H and O–H groups in total. The summed E-state index contributed by atoms with van der Waals surface area (Å²) in [5.41, 5.74) is 0. The Kier molecular flexibility index (Phi) is 6.06. The van der Waals surface area contributed by atoms with Gasteiger partial charge in [-0.2, -0.15) is 0 Å². The van der Waals surface area contributed by atoms with Crippen molar-refractivity contribution in [3.63, 3.8) is 0 Å². The first-order valence-corrected chi connectivity index (χ1v) is 8.51. The van der Waals surface area contributed by atoms with E-state index in [4.69, 9.17) is 14.2 Å². The summed E-state index contributed by atoms with van der Waals surface area (Å²) in [6.45, 7) is 7.91. The maximum atomic E-state index is 11.4. The summed E-state index contributed by atoms with van der Waals surface area (Å²) in [5.74, 6) is 0.363. The van der Waals surface area contributed by atoms with Crippen LogP contribution < -0.4 is 0 Å². The fourth-order valence-electron chi connectivity index (χ4n) is 3.58. The molecular formula is C17H30O4. The van der Waals surface area contributed by atoms with Crippen molar-refractivity contribution in [1.82, 2.24) is 0 Å². The summed E-state index contributed by atoms with van der Waals surface area (Å²) < 4.78 is 17.9. The van der Waals surface area contributed by atoms with Gasteiger partial charge in [0, 0.05) is 12.8 Å². The van der Waals surface area contributed by atoms with E-state index in [1.807, 2.05) is 0 Å². The number of rotatable bonds is 4. The molecule has 5 unspecified atom stereocenters. The summed E-state index contributed by atoms with van der Waals surface area (Å²) in [4.78, 5) is 11.4. The molecule has 1 saturated heterocycles. The van der Waals surface area contributed by atoms with Crippen LogP contribution in [0.15, 0.2) is 0 Å². The van der Waals surface area contributed by atoms with Crippen LogP contribution in [-0.2, 0) is 19.0 Å². The monoisotopic (exact) mass is 298 g/mol. The van der Waals surface area contributed by atoms with Crippen LogP contribution in [0.3, 0.4) is 0 Å². The fourth-order valence-corrected chi connectivity index (χ4v) is 3.58. The van der Waals surface area contributed by atoms with Crippen LogP contribution in [0.2, 0.25) is 0 Å². The van der Waals surface area contributed by atoms with Crippen molar-refractivity contribution < 1.29 is 19.0 Å². The van der Waals surface area contributed by atoms with E-state index in [0.29, 0.717) is 5.92 Å². The van der Waals surface area contributed by atoms with Gasteiger partial charge >= 0.3 is 5.97 Å². The van der Waals surface area contributed by atoms with Gasteiger partial charge in [-0.25, -0.2) is 0 Å². The number of ether oxygens (including phenoxy) is 3. The SMILES string of the molecule is CCC1OC(OC2CCCCC2)C(OC(C)=O)C(C)C1C. The highest BCUT2D eigenvalue weighted by molar-refractivity contribution is 5.66. The van der Waals surface area contributed by atoms with E-state index in [1.165, 1.54) is 26.2 Å². The fraction of sp³-hybridized carbons (Fsp3) is 0.941. The highest BCUT2D eigenvalue weighted by atomic mass is 16.7. The molecule has 2 aliphatic rings. The molecule has 2 rings (SSSR count). The first-order chi connectivity index (χ1) is 10.0. The molecule has 5 atom stereocenters. The standard InChI is InChI=1S/C17H30O4/c1-5-15-11(2)12(3)16(19-13(4)18)17(21-15)20-14-9-7-6-8-10-14/h11-12,14-17H,5-10H2,1-4H3. The minimum Gasteiger partial charge on any atom is -0.457 e. The summed E-state index contributed by atoms with van der Waals surface area (Å²) >= 11 is 0. The summed E-state index contributed by atoms with van der Waals surface area (Å²) in [6, 6.07) is 0. The van der Waals surface area contributed by atoms with Gasteiger partial charge in [0.1, 0.15) is 0 Å². The molecule has 122 valence electrons. The molecule has 2 fully saturated rings. The minimum atomic E-state index is -0.409. The van der Waals surface area contributed by atoms with Gasteiger partial charge < -0.3 is 14.2 Å². The quantitative estimate of drug-likeness (QED) is 0.743. The molecule has 21 heavy (non-hydrogen) atoms. The summed E-state index contributed by atoms with van der Waals surface area (Å²) in [6.07, 6.45) is 6.61. The van der Waals surface area contributed by atoms with E-state index in [2.05, 4.69) is 20.8 Å². The van der Waals surface area contributed by atoms with E-state index in [1.54, 1.807) is 0 Å². The van der Waals surface area contributed by atoms with Crippen molar-refractivity contribution >= 4 is 5.97 Å². The van der Waals surface area contributed by atoms with Gasteiger partial charge in [-0.1, -0.05) is 40.0 Å². The highest BCUT2D eigenvalue weighted by Crippen LogP contribution is 2.36. The third kappa shape index (κ3) is 4.19. The van der Waals surface area contributed by atoms with Crippen molar-refractivity contribution in [1.29, 1.82) is 0 Å². The van der Waals surface area contributed by atoms with Crippen molar-refractivity contribution in [3.05, 3.63) is 0 Å². The van der Waals surface area contributed by atoms with Crippen LogP contribution in [0.5, 0.6) is 0 Å². The van der Waals surface area contributed by atoms with Crippen molar-refractivity contribution in [2.24, 2.45) is 11.8 Å². The van der Waals surface area contributed by atoms with Crippen molar-refractivity contribution in [2.45, 2.75) is 90.8 Å². The molecule has 0 bridgehead atoms. The van der Waals surface area contributed by atoms with E-state index in [0.717, 1.165) is 19.3 Å². The van der Waals surface area contributed by atoms with Crippen LogP contribution in [0.1, 0.15) is 66.2 Å². The van der Waals surface area contributed by atoms with Crippen LogP contribution in [0.25, 0.3) is 0 Å². The number of hydrogen-bond acceptors (Lipinski definition) is 4. The van der Waals surface area contributed by atoms with Crippen molar-refractivity contribution in [2.75, 3.05) is 0 Å². The Morgan fingerprint density at radius 2 is 1.81 bits per heavy atom. The Morgan fingerprint density at radius 3 is 2.38 bits per heavy atom. The molecular weight excluding hydrogens is 268 g/mol. The molecule has 1 heterocycles. The predicted molar refractivity (Wildman–Crippen MR) is 80.8 cm³/mol. The van der Waals surface area contributed by atoms with Crippen LogP contribution >= 0.6 is 0 Å². The third-order valence-corrected chi connectivity index (χ3v) is 5.09. The molecule has 0 aromatic carbocycles. The second-order valence-electron chi connectivity index (χ2n) is 6.64. The Balaban J connectivity index is 2.06. The molecule has 1 aliphatic carbocycles. The van der Waals surface area contributed by atoms with Gasteiger partial charge in [-0.15, -0.1) is 0 Å². The van der Waals surface area contributed by atoms with Gasteiger partial charge in [0.25, 0.3) is 0 Å². The molecule has 4 nitrogen and oxygen atoms in total. The number of carbonyl (C=O) groups is 1. The first-order valence-electron chi connectivity index (χ1n) is 8.51. The zero-order valence-electron chi connectivity index (χ0n) is 13.8. The third-order valence-electron chi connectivity index (χ3n) is 5.09. The van der Waals surface area contributed by atoms with E-state index >= 15 is 0 Å². The van der Waals surface area contributed by atoms with E-state index in [9.17, 15) is 4.79 Å². The minimum absolute atomic E-state index is 0.181. The second kappa shape index (κ2) is 7.59. The summed E-state index contributed by atoms with van der Waals surface area (Å²) in [7, 11) is 0. The molecule has 0 radical (unpaired) electrons. The van der Waals surface area contributed by atoms with Crippen molar-refractivity contribution in [3.8, 4) is 0 Å². The smallest absolute Gasteiger partial charge is 0.303 e. The van der Waals surface area contributed by atoms with Gasteiger partial charge in [0.05, 0.1) is 12.2 Å². The first kappa shape index (κ1) is 16.8. The lowest BCUT2D eigenvalue weighted by Gasteiger charge is -2.44. The number of hydrogen-bond donors (Lipinski definition) is 0.